The van der Waals surface area contributed by atoms with Gasteiger partial charge in [-0.1, -0.05) is 19.1 Å². The average Bonchev–Trinajstić information content (AvgIpc) is 3.07. The second-order valence-electron chi connectivity index (χ2n) is 8.57. The Morgan fingerprint density at radius 2 is 1.86 bits per heavy atom. The molecule has 3 saturated carbocycles. The van der Waals surface area contributed by atoms with Gasteiger partial charge in [-0.2, -0.15) is 0 Å². The smallest absolute Gasteiger partial charge is 0.171 e. The lowest BCUT2D eigenvalue weighted by Crippen LogP contribution is -2.54. The summed E-state index contributed by atoms with van der Waals surface area (Å²) in [6, 6.07) is 0. The summed E-state index contributed by atoms with van der Waals surface area (Å²) in [4.78, 5) is 0. The van der Waals surface area contributed by atoms with E-state index in [9.17, 15) is 0 Å². The predicted octanol–water partition coefficient (Wildman–Crippen LogP) is 4.30. The fraction of sp³-hybridized carbons (Fsp3) is 0.895. The van der Waals surface area contributed by atoms with Crippen LogP contribution in [0.2, 0.25) is 0 Å². The van der Waals surface area contributed by atoms with Crippen LogP contribution in [0.15, 0.2) is 12.2 Å². The maximum Gasteiger partial charge on any atom is 0.171 e. The van der Waals surface area contributed by atoms with Crippen molar-refractivity contribution < 1.29 is 9.47 Å². The van der Waals surface area contributed by atoms with Crippen molar-refractivity contribution in [1.29, 1.82) is 0 Å². The van der Waals surface area contributed by atoms with Crippen molar-refractivity contribution >= 4 is 0 Å². The number of rotatable bonds is 0. The van der Waals surface area contributed by atoms with Gasteiger partial charge in [0, 0.05) is 12.3 Å². The van der Waals surface area contributed by atoms with Gasteiger partial charge in [0.05, 0.1) is 13.2 Å². The molecule has 0 unspecified atom stereocenters. The fourth-order valence-corrected chi connectivity index (χ4v) is 7.19. The summed E-state index contributed by atoms with van der Waals surface area (Å²) in [7, 11) is 0. The Kier molecular flexibility index (Phi) is 2.59. The van der Waals surface area contributed by atoms with Crippen LogP contribution in [0.3, 0.4) is 0 Å². The van der Waals surface area contributed by atoms with Crippen molar-refractivity contribution in [3.8, 4) is 0 Å². The Labute approximate surface area is 128 Å². The van der Waals surface area contributed by atoms with Crippen molar-refractivity contribution in [2.24, 2.45) is 28.6 Å². The molecule has 0 amide bonds. The lowest BCUT2D eigenvalue weighted by molar-refractivity contribution is -0.226. The van der Waals surface area contributed by atoms with E-state index in [1.54, 1.807) is 0 Å². The molecule has 2 spiro atoms. The minimum Gasteiger partial charge on any atom is -0.347 e. The van der Waals surface area contributed by atoms with Gasteiger partial charge in [0.15, 0.2) is 5.79 Å². The van der Waals surface area contributed by atoms with Crippen molar-refractivity contribution in [1.82, 2.24) is 0 Å². The van der Waals surface area contributed by atoms with E-state index in [0.717, 1.165) is 31.5 Å². The minimum atomic E-state index is -0.182. The van der Waals surface area contributed by atoms with Gasteiger partial charge in [0.1, 0.15) is 0 Å². The minimum absolute atomic E-state index is 0.182. The molecule has 2 heteroatoms. The number of hydrogen-bond donors (Lipinski definition) is 0. The molecular formula is C19H28O2. The van der Waals surface area contributed by atoms with Gasteiger partial charge in [-0.25, -0.2) is 0 Å². The Morgan fingerprint density at radius 1 is 1.00 bits per heavy atom. The molecule has 5 atom stereocenters. The monoisotopic (exact) mass is 288 g/mol. The number of ether oxygens (including phenoxy) is 2. The van der Waals surface area contributed by atoms with Gasteiger partial charge in [0.2, 0.25) is 0 Å². The van der Waals surface area contributed by atoms with Gasteiger partial charge in [-0.05, 0) is 67.6 Å². The Hall–Kier alpha value is -0.340. The van der Waals surface area contributed by atoms with Gasteiger partial charge in [-0.15, -0.1) is 0 Å². The second kappa shape index (κ2) is 4.14. The Morgan fingerprint density at radius 3 is 2.71 bits per heavy atom. The van der Waals surface area contributed by atoms with E-state index in [-0.39, 0.29) is 5.79 Å². The highest BCUT2D eigenvalue weighted by Gasteiger charge is 2.68. The van der Waals surface area contributed by atoms with Gasteiger partial charge in [-0.3, -0.25) is 0 Å². The van der Waals surface area contributed by atoms with E-state index in [0.29, 0.717) is 16.7 Å². The molecule has 0 N–H and O–H groups in total. The zero-order valence-electron chi connectivity index (χ0n) is 13.3. The third-order valence-corrected chi connectivity index (χ3v) is 8.26. The van der Waals surface area contributed by atoms with Crippen molar-refractivity contribution in [2.75, 3.05) is 13.2 Å². The van der Waals surface area contributed by atoms with Gasteiger partial charge in [0.25, 0.3) is 0 Å². The lowest BCUT2D eigenvalue weighted by atomic mass is 9.45. The molecule has 0 aromatic rings. The van der Waals surface area contributed by atoms with Crippen LogP contribution in [0.4, 0.5) is 0 Å². The number of hydrogen-bond acceptors (Lipinski definition) is 2. The first kappa shape index (κ1) is 13.1. The molecule has 0 radical (unpaired) electrons. The molecular weight excluding hydrogens is 260 g/mol. The van der Waals surface area contributed by atoms with Crippen LogP contribution in [0.5, 0.6) is 0 Å². The van der Waals surface area contributed by atoms with Gasteiger partial charge < -0.3 is 9.47 Å². The zero-order valence-corrected chi connectivity index (χ0v) is 13.3. The largest absolute Gasteiger partial charge is 0.347 e. The number of allylic oxidation sites excluding steroid dienone is 2. The highest BCUT2D eigenvalue weighted by atomic mass is 16.7. The molecule has 2 bridgehead atoms. The molecule has 4 fully saturated rings. The van der Waals surface area contributed by atoms with Crippen molar-refractivity contribution in [2.45, 2.75) is 64.1 Å². The van der Waals surface area contributed by atoms with Crippen LogP contribution >= 0.6 is 0 Å². The average molecular weight is 288 g/mol. The lowest BCUT2D eigenvalue weighted by Gasteiger charge is -2.60. The molecule has 21 heavy (non-hydrogen) atoms. The molecule has 0 aromatic carbocycles. The van der Waals surface area contributed by atoms with Crippen LogP contribution in [-0.2, 0) is 9.47 Å². The SMILES string of the molecule is C[C@]12CCC=C[C@@H]1CC[C@H]1C[C@@H]3C[C@@]12CCC31OCCO1. The fourth-order valence-electron chi connectivity index (χ4n) is 7.19. The van der Waals surface area contributed by atoms with E-state index < -0.39 is 0 Å². The molecule has 2 nitrogen and oxygen atoms in total. The van der Waals surface area contributed by atoms with Crippen molar-refractivity contribution in [3.63, 3.8) is 0 Å². The van der Waals surface area contributed by atoms with E-state index in [1.165, 1.54) is 44.9 Å². The molecule has 4 aliphatic carbocycles. The van der Waals surface area contributed by atoms with Crippen LogP contribution < -0.4 is 0 Å². The quantitative estimate of drug-likeness (QED) is 0.619. The summed E-state index contributed by atoms with van der Waals surface area (Å²) >= 11 is 0. The summed E-state index contributed by atoms with van der Waals surface area (Å²) in [5.41, 5.74) is 1.13. The highest BCUT2D eigenvalue weighted by Crippen LogP contribution is 2.73. The predicted molar refractivity (Wildman–Crippen MR) is 81.7 cm³/mol. The van der Waals surface area contributed by atoms with Crippen LogP contribution in [0.1, 0.15) is 58.3 Å². The molecule has 1 saturated heterocycles. The Balaban J connectivity index is 1.54. The molecule has 5 rings (SSSR count). The normalized spacial score (nSPS) is 53.7. The molecule has 1 heterocycles. The summed E-state index contributed by atoms with van der Waals surface area (Å²) in [6.45, 7) is 4.26. The van der Waals surface area contributed by atoms with Crippen LogP contribution in [0.25, 0.3) is 0 Å². The van der Waals surface area contributed by atoms with E-state index in [4.69, 9.17) is 9.47 Å². The van der Waals surface area contributed by atoms with E-state index in [2.05, 4.69) is 19.1 Å². The summed E-state index contributed by atoms with van der Waals surface area (Å²) in [5, 5.41) is 0. The summed E-state index contributed by atoms with van der Waals surface area (Å²) < 4.78 is 12.3. The topological polar surface area (TPSA) is 18.5 Å². The molecule has 0 aromatic heterocycles. The summed E-state index contributed by atoms with van der Waals surface area (Å²) in [5.74, 6) is 2.25. The first-order valence-corrected chi connectivity index (χ1v) is 9.13. The zero-order chi connectivity index (χ0) is 14.1. The third kappa shape index (κ3) is 1.47. The summed E-state index contributed by atoms with van der Waals surface area (Å²) in [6.07, 6.45) is 15.8. The van der Waals surface area contributed by atoms with E-state index in [1.807, 2.05) is 0 Å². The highest BCUT2D eigenvalue weighted by molar-refractivity contribution is 5.19. The van der Waals surface area contributed by atoms with Gasteiger partial charge >= 0.3 is 0 Å². The molecule has 1 aliphatic heterocycles. The standard InChI is InChI=1S/C19H28O2/c1-17-7-3-2-4-14(17)5-6-15-12-16-13-18(15,17)8-9-19(16)20-10-11-21-19/h2,4,14-16H,3,5-13H2,1H3/t14-,15+,16-,17+,18+/m1/s1. The molecule has 116 valence electrons. The molecule has 5 aliphatic rings. The first-order valence-electron chi connectivity index (χ1n) is 9.13. The maximum absolute atomic E-state index is 6.15. The third-order valence-electron chi connectivity index (χ3n) is 8.26. The van der Waals surface area contributed by atoms with Crippen LogP contribution in [-0.4, -0.2) is 19.0 Å². The Bertz CT molecular complexity index is 478. The first-order chi connectivity index (χ1) is 10.2. The van der Waals surface area contributed by atoms with E-state index >= 15 is 0 Å². The van der Waals surface area contributed by atoms with Crippen LogP contribution in [0, 0.1) is 28.6 Å². The van der Waals surface area contributed by atoms with Crippen molar-refractivity contribution in [3.05, 3.63) is 12.2 Å². The number of fused-ring (bicyclic) bond motifs is 3. The second-order valence-corrected chi connectivity index (χ2v) is 8.57. The maximum atomic E-state index is 6.15.